The third-order valence-electron chi connectivity index (χ3n) is 3.66. The summed E-state index contributed by atoms with van der Waals surface area (Å²) in [6, 6.07) is 7.76. The summed E-state index contributed by atoms with van der Waals surface area (Å²) < 4.78 is 2.05. The molecule has 0 spiro atoms. The molecule has 1 amide bonds. The number of aryl methyl sites for hydroxylation is 1. The van der Waals surface area contributed by atoms with Crippen molar-refractivity contribution in [1.82, 2.24) is 5.32 Å². The van der Waals surface area contributed by atoms with Crippen LogP contribution in [-0.4, -0.2) is 12.5 Å². The van der Waals surface area contributed by atoms with Gasteiger partial charge in [0.05, 0.1) is 13.6 Å². The second-order valence-electron chi connectivity index (χ2n) is 5.03. The molecular weight excluding hydrogens is 416 g/mol. The molecule has 1 aliphatic rings. The molecule has 1 unspecified atom stereocenters. The van der Waals surface area contributed by atoms with Gasteiger partial charge in [0.2, 0.25) is 0 Å². The molecule has 2 heterocycles. The van der Waals surface area contributed by atoms with E-state index in [-0.39, 0.29) is 11.9 Å². The number of halogens is 2. The van der Waals surface area contributed by atoms with E-state index in [1.54, 1.807) is 11.3 Å². The van der Waals surface area contributed by atoms with Crippen molar-refractivity contribution in [1.29, 1.82) is 0 Å². The van der Waals surface area contributed by atoms with Gasteiger partial charge in [-0.2, -0.15) is 0 Å². The molecule has 0 saturated carbocycles. The lowest BCUT2D eigenvalue weighted by Gasteiger charge is -2.14. The van der Waals surface area contributed by atoms with Gasteiger partial charge in [-0.3, -0.25) is 4.79 Å². The third-order valence-corrected chi connectivity index (χ3v) is 6.05. The number of rotatable bonds is 2. The fourth-order valence-electron chi connectivity index (χ4n) is 2.54. The van der Waals surface area contributed by atoms with Crippen LogP contribution in [-0.2, 0) is 6.42 Å². The van der Waals surface area contributed by atoms with E-state index in [2.05, 4.69) is 37.2 Å². The smallest absolute Gasteiger partial charge is 0.251 e. The number of amides is 1. The van der Waals surface area contributed by atoms with Crippen LogP contribution in [0.25, 0.3) is 0 Å². The van der Waals surface area contributed by atoms with E-state index in [1.165, 1.54) is 0 Å². The van der Waals surface area contributed by atoms with E-state index in [1.807, 2.05) is 24.3 Å². The van der Waals surface area contributed by atoms with Crippen LogP contribution in [0.5, 0.6) is 0 Å². The highest BCUT2D eigenvalue weighted by Gasteiger charge is 2.20. The maximum atomic E-state index is 12.1. The quantitative estimate of drug-likeness (QED) is 0.757. The molecule has 0 bridgehead atoms. The largest absolute Gasteiger partial charge is 0.352 e. The van der Waals surface area contributed by atoms with E-state index in [0.717, 1.165) is 49.2 Å². The lowest BCUT2D eigenvalue weighted by atomic mass is 9.95. The van der Waals surface area contributed by atoms with Gasteiger partial charge in [0.15, 0.2) is 0 Å². The van der Waals surface area contributed by atoms with Gasteiger partial charge in [-0.15, -0.1) is 11.3 Å². The first kappa shape index (κ1) is 15.2. The molecule has 1 aromatic heterocycles. The second-order valence-corrected chi connectivity index (χ2v) is 8.78. The summed E-state index contributed by atoms with van der Waals surface area (Å²) in [6.45, 7) is 0.734. The Morgan fingerprint density at radius 3 is 2.81 bits per heavy atom. The van der Waals surface area contributed by atoms with Gasteiger partial charge in [-0.05, 0) is 73.5 Å². The van der Waals surface area contributed by atoms with Gasteiger partial charge in [0, 0.05) is 12.1 Å². The normalized spacial score (nSPS) is 16.0. The number of thiophene rings is 1. The SMILES string of the molecule is NC(c1ccc2c(c1)C(=O)NCCC2)c1cc(Br)sc1Br. The first-order valence-electron chi connectivity index (χ1n) is 6.67. The maximum Gasteiger partial charge on any atom is 0.251 e. The second kappa shape index (κ2) is 6.20. The summed E-state index contributed by atoms with van der Waals surface area (Å²) >= 11 is 8.62. The zero-order chi connectivity index (χ0) is 15.0. The van der Waals surface area contributed by atoms with Gasteiger partial charge < -0.3 is 11.1 Å². The Balaban J connectivity index is 2.00. The van der Waals surface area contributed by atoms with E-state index in [9.17, 15) is 4.79 Å². The highest BCUT2D eigenvalue weighted by molar-refractivity contribution is 9.12. The molecule has 21 heavy (non-hydrogen) atoms. The predicted octanol–water partition coefficient (Wildman–Crippen LogP) is 4.00. The molecule has 110 valence electrons. The van der Waals surface area contributed by atoms with Gasteiger partial charge in [0.25, 0.3) is 5.91 Å². The van der Waals surface area contributed by atoms with E-state index in [0.29, 0.717) is 0 Å². The predicted molar refractivity (Wildman–Crippen MR) is 92.8 cm³/mol. The van der Waals surface area contributed by atoms with Crippen molar-refractivity contribution >= 4 is 49.1 Å². The molecule has 1 aromatic carbocycles. The summed E-state index contributed by atoms with van der Waals surface area (Å²) in [6.07, 6.45) is 1.91. The van der Waals surface area contributed by atoms with Crippen LogP contribution in [0.3, 0.4) is 0 Å². The first-order valence-corrected chi connectivity index (χ1v) is 9.08. The van der Waals surface area contributed by atoms with Crippen molar-refractivity contribution in [2.45, 2.75) is 18.9 Å². The minimum Gasteiger partial charge on any atom is -0.352 e. The summed E-state index contributed by atoms with van der Waals surface area (Å²) in [4.78, 5) is 12.1. The first-order chi connectivity index (χ1) is 10.1. The minimum absolute atomic E-state index is 0.00196. The van der Waals surface area contributed by atoms with E-state index < -0.39 is 0 Å². The Bertz CT molecular complexity index is 699. The van der Waals surface area contributed by atoms with Gasteiger partial charge in [0.1, 0.15) is 0 Å². The minimum atomic E-state index is -0.247. The zero-order valence-electron chi connectivity index (χ0n) is 11.2. The molecular formula is C15H14Br2N2OS. The van der Waals surface area contributed by atoms with Crippen LogP contribution in [0.4, 0.5) is 0 Å². The monoisotopic (exact) mass is 428 g/mol. The number of benzene rings is 1. The molecule has 0 radical (unpaired) electrons. The molecule has 0 fully saturated rings. The lowest BCUT2D eigenvalue weighted by Crippen LogP contribution is -2.23. The molecule has 3 nitrogen and oxygen atoms in total. The van der Waals surface area contributed by atoms with Crippen LogP contribution < -0.4 is 11.1 Å². The molecule has 3 N–H and O–H groups in total. The van der Waals surface area contributed by atoms with Gasteiger partial charge in [-0.1, -0.05) is 12.1 Å². The highest BCUT2D eigenvalue weighted by Crippen LogP contribution is 2.37. The molecule has 1 atom stereocenters. The summed E-state index contributed by atoms with van der Waals surface area (Å²) in [5.74, 6) is 0.00196. The third kappa shape index (κ3) is 3.08. The Morgan fingerprint density at radius 2 is 2.10 bits per heavy atom. The number of carbonyl (C=O) groups excluding carboxylic acids is 1. The standard InChI is InChI=1S/C15H14Br2N2OS/c16-12-7-11(14(17)21-12)13(18)9-4-3-8-2-1-5-19-15(20)10(8)6-9/h3-4,6-7,13H,1-2,5,18H2,(H,19,20). The van der Waals surface area contributed by atoms with Crippen molar-refractivity contribution in [2.24, 2.45) is 5.73 Å². The topological polar surface area (TPSA) is 55.1 Å². The van der Waals surface area contributed by atoms with Gasteiger partial charge in [-0.25, -0.2) is 0 Å². The molecule has 6 heteroatoms. The van der Waals surface area contributed by atoms with Crippen molar-refractivity contribution in [2.75, 3.05) is 6.54 Å². The van der Waals surface area contributed by atoms with Crippen LogP contribution in [0.1, 0.15) is 39.5 Å². The lowest BCUT2D eigenvalue weighted by molar-refractivity contribution is 0.0956. The molecule has 3 rings (SSSR count). The number of hydrogen-bond donors (Lipinski definition) is 2. The Morgan fingerprint density at radius 1 is 1.29 bits per heavy atom. The van der Waals surface area contributed by atoms with E-state index in [4.69, 9.17) is 5.73 Å². The van der Waals surface area contributed by atoms with Crippen molar-refractivity contribution in [3.63, 3.8) is 0 Å². The number of hydrogen-bond acceptors (Lipinski definition) is 3. The van der Waals surface area contributed by atoms with Crippen molar-refractivity contribution in [3.05, 3.63) is 54.1 Å². The molecule has 0 saturated heterocycles. The summed E-state index contributed by atoms with van der Waals surface area (Å²) in [7, 11) is 0. The summed E-state index contributed by atoms with van der Waals surface area (Å²) in [5.41, 5.74) is 10.2. The Hall–Kier alpha value is -0.690. The van der Waals surface area contributed by atoms with Crippen LogP contribution in [0.15, 0.2) is 31.8 Å². The molecule has 0 aliphatic carbocycles. The highest BCUT2D eigenvalue weighted by atomic mass is 79.9. The van der Waals surface area contributed by atoms with E-state index >= 15 is 0 Å². The fraction of sp³-hybridized carbons (Fsp3) is 0.267. The summed E-state index contributed by atoms with van der Waals surface area (Å²) in [5, 5.41) is 2.93. The number of fused-ring (bicyclic) bond motifs is 1. The van der Waals surface area contributed by atoms with Gasteiger partial charge >= 0.3 is 0 Å². The average molecular weight is 430 g/mol. The number of nitrogens with two attached hydrogens (primary N) is 1. The van der Waals surface area contributed by atoms with Crippen molar-refractivity contribution < 1.29 is 4.79 Å². The molecule has 2 aromatic rings. The molecule has 1 aliphatic heterocycles. The van der Waals surface area contributed by atoms with Crippen LogP contribution >= 0.6 is 43.2 Å². The Kier molecular flexibility index (Phi) is 4.49. The number of carbonyl (C=O) groups is 1. The van der Waals surface area contributed by atoms with Crippen LogP contribution in [0.2, 0.25) is 0 Å². The average Bonchev–Trinajstić information content (AvgIpc) is 2.69. The van der Waals surface area contributed by atoms with Crippen LogP contribution in [0, 0.1) is 0 Å². The fourth-order valence-corrected chi connectivity index (χ4v) is 5.47. The zero-order valence-corrected chi connectivity index (χ0v) is 15.1. The van der Waals surface area contributed by atoms with Crippen molar-refractivity contribution in [3.8, 4) is 0 Å². The Labute approximate surface area is 144 Å². The maximum absolute atomic E-state index is 12.1. The number of nitrogens with one attached hydrogen (secondary N) is 1.